The van der Waals surface area contributed by atoms with Crippen molar-refractivity contribution in [1.29, 1.82) is 0 Å². The molecular formula is C24H20N2O2. The zero-order valence-electron chi connectivity index (χ0n) is 15.8. The van der Waals surface area contributed by atoms with Crippen LogP contribution in [-0.2, 0) is 0 Å². The van der Waals surface area contributed by atoms with Crippen molar-refractivity contribution >= 4 is 35.4 Å². The molecule has 0 unspecified atom stereocenters. The molecule has 4 heteroatoms. The maximum atomic E-state index is 11.4. The van der Waals surface area contributed by atoms with Gasteiger partial charge in [-0.25, -0.2) is 0 Å². The Balaban J connectivity index is 1.78. The van der Waals surface area contributed by atoms with Gasteiger partial charge in [-0.05, 0) is 62.4 Å². The van der Waals surface area contributed by atoms with E-state index in [-0.39, 0.29) is 11.6 Å². The average Bonchev–Trinajstić information content (AvgIpc) is 2.72. The number of benzene rings is 3. The van der Waals surface area contributed by atoms with Crippen LogP contribution in [0, 0.1) is 0 Å². The van der Waals surface area contributed by atoms with Crippen molar-refractivity contribution in [1.82, 2.24) is 0 Å². The maximum absolute atomic E-state index is 11.4. The van der Waals surface area contributed by atoms with E-state index in [9.17, 15) is 9.59 Å². The van der Waals surface area contributed by atoms with Crippen molar-refractivity contribution in [3.8, 4) is 0 Å². The molecule has 28 heavy (non-hydrogen) atoms. The summed E-state index contributed by atoms with van der Waals surface area (Å²) in [6.07, 6.45) is 3.56. The highest BCUT2D eigenvalue weighted by atomic mass is 16.1. The van der Waals surface area contributed by atoms with Crippen molar-refractivity contribution in [2.45, 2.75) is 13.8 Å². The molecular weight excluding hydrogens is 348 g/mol. The fraction of sp³-hybridized carbons (Fsp3) is 0.0833. The van der Waals surface area contributed by atoms with E-state index >= 15 is 0 Å². The number of aliphatic imine (C=N–C) groups is 2. The summed E-state index contributed by atoms with van der Waals surface area (Å²) < 4.78 is 0. The van der Waals surface area contributed by atoms with Gasteiger partial charge in [-0.3, -0.25) is 19.6 Å². The average molecular weight is 368 g/mol. The highest BCUT2D eigenvalue weighted by molar-refractivity contribution is 5.97. The monoisotopic (exact) mass is 368 g/mol. The molecule has 138 valence electrons. The van der Waals surface area contributed by atoms with Gasteiger partial charge in [-0.2, -0.15) is 0 Å². The van der Waals surface area contributed by atoms with E-state index in [2.05, 4.69) is 9.98 Å². The first-order valence-electron chi connectivity index (χ1n) is 8.92. The summed E-state index contributed by atoms with van der Waals surface area (Å²) in [6.45, 7) is 3.09. The van der Waals surface area contributed by atoms with Gasteiger partial charge in [0.25, 0.3) is 0 Å². The van der Waals surface area contributed by atoms with Crippen LogP contribution in [0.4, 0.5) is 11.4 Å². The van der Waals surface area contributed by atoms with Crippen LogP contribution < -0.4 is 0 Å². The molecule has 3 rings (SSSR count). The molecule has 0 fully saturated rings. The van der Waals surface area contributed by atoms with Crippen LogP contribution in [0.15, 0.2) is 82.8 Å². The Hall–Kier alpha value is -3.66. The summed E-state index contributed by atoms with van der Waals surface area (Å²) in [6, 6.07) is 22.2. The first-order chi connectivity index (χ1) is 13.5. The first kappa shape index (κ1) is 19.1. The van der Waals surface area contributed by atoms with Gasteiger partial charge in [-0.1, -0.05) is 24.3 Å². The van der Waals surface area contributed by atoms with Crippen molar-refractivity contribution < 1.29 is 9.59 Å². The van der Waals surface area contributed by atoms with Crippen molar-refractivity contribution in [3.63, 3.8) is 0 Å². The Morgan fingerprint density at radius 2 is 0.964 bits per heavy atom. The van der Waals surface area contributed by atoms with E-state index in [4.69, 9.17) is 0 Å². The van der Waals surface area contributed by atoms with E-state index in [1.807, 2.05) is 48.5 Å². The topological polar surface area (TPSA) is 58.9 Å². The Morgan fingerprint density at radius 3 is 1.29 bits per heavy atom. The lowest BCUT2D eigenvalue weighted by Crippen LogP contribution is -1.92. The van der Waals surface area contributed by atoms with Crippen LogP contribution in [-0.4, -0.2) is 24.0 Å². The molecule has 3 aromatic rings. The minimum Gasteiger partial charge on any atom is -0.295 e. The number of carbonyl (C=O) groups is 2. The third kappa shape index (κ3) is 4.95. The van der Waals surface area contributed by atoms with Crippen LogP contribution in [0.25, 0.3) is 0 Å². The minimum atomic E-state index is 0.0356. The predicted molar refractivity (Wildman–Crippen MR) is 114 cm³/mol. The second kappa shape index (κ2) is 8.82. The molecule has 0 saturated heterocycles. The third-order valence-corrected chi connectivity index (χ3v) is 4.25. The largest absolute Gasteiger partial charge is 0.295 e. The molecule has 0 spiro atoms. The molecule has 0 aromatic heterocycles. The number of rotatable bonds is 6. The lowest BCUT2D eigenvalue weighted by Gasteiger charge is -2.01. The van der Waals surface area contributed by atoms with Crippen LogP contribution in [0.5, 0.6) is 0 Å². The lowest BCUT2D eigenvalue weighted by atomic mass is 10.1. The summed E-state index contributed by atoms with van der Waals surface area (Å²) in [7, 11) is 0. The fourth-order valence-electron chi connectivity index (χ4n) is 2.60. The molecule has 0 aliphatic heterocycles. The number of hydrogen-bond acceptors (Lipinski definition) is 4. The molecule has 3 aromatic carbocycles. The third-order valence-electron chi connectivity index (χ3n) is 4.25. The molecule has 0 atom stereocenters. The normalized spacial score (nSPS) is 11.2. The molecule has 0 aliphatic carbocycles. The highest BCUT2D eigenvalue weighted by Gasteiger charge is 2.00. The van der Waals surface area contributed by atoms with Crippen molar-refractivity contribution in [2.75, 3.05) is 0 Å². The van der Waals surface area contributed by atoms with Crippen LogP contribution >= 0.6 is 0 Å². The van der Waals surface area contributed by atoms with Crippen molar-refractivity contribution in [2.24, 2.45) is 9.98 Å². The van der Waals surface area contributed by atoms with E-state index < -0.39 is 0 Å². The van der Waals surface area contributed by atoms with Gasteiger partial charge in [0.05, 0.1) is 11.4 Å². The molecule has 0 aliphatic rings. The summed E-state index contributed by atoms with van der Waals surface area (Å²) >= 11 is 0. The standard InChI is InChI=1S/C24H20N2O2/c1-17(27)19-7-11-23(12-8-19)25-15-21-5-3-4-6-22(21)16-26-24-13-9-20(10-14-24)18(2)28/h3-16H,1-2H3. The number of nitrogens with zero attached hydrogens (tertiary/aromatic N) is 2. The first-order valence-corrected chi connectivity index (χ1v) is 8.92. The van der Waals surface area contributed by atoms with E-state index in [1.165, 1.54) is 0 Å². The molecule has 0 amide bonds. The van der Waals surface area contributed by atoms with Gasteiger partial charge >= 0.3 is 0 Å². The van der Waals surface area contributed by atoms with Crippen molar-refractivity contribution in [3.05, 3.63) is 95.1 Å². The quantitative estimate of drug-likeness (QED) is 0.420. The Morgan fingerprint density at radius 1 is 0.607 bits per heavy atom. The maximum Gasteiger partial charge on any atom is 0.159 e. The molecule has 0 radical (unpaired) electrons. The predicted octanol–water partition coefficient (Wildman–Crippen LogP) is 5.59. The second-order valence-corrected chi connectivity index (χ2v) is 6.35. The summed E-state index contributed by atoms with van der Waals surface area (Å²) in [5.41, 5.74) is 4.75. The van der Waals surface area contributed by atoms with E-state index in [0.717, 1.165) is 22.5 Å². The Labute approximate surface area is 164 Å². The second-order valence-electron chi connectivity index (χ2n) is 6.35. The highest BCUT2D eigenvalue weighted by Crippen LogP contribution is 2.16. The number of ketones is 2. The minimum absolute atomic E-state index is 0.0356. The summed E-state index contributed by atoms with van der Waals surface area (Å²) in [5.74, 6) is 0.0712. The fourth-order valence-corrected chi connectivity index (χ4v) is 2.60. The van der Waals surface area contributed by atoms with Gasteiger partial charge in [0, 0.05) is 34.7 Å². The SMILES string of the molecule is CC(=O)c1ccc(N=Cc2ccccc2C=Nc2ccc(C(C)=O)cc2)cc1. The van der Waals surface area contributed by atoms with Crippen LogP contribution in [0.3, 0.4) is 0 Å². The lowest BCUT2D eigenvalue weighted by molar-refractivity contribution is 0.100. The van der Waals surface area contributed by atoms with E-state index in [1.54, 1.807) is 50.5 Å². The molecule has 0 bridgehead atoms. The van der Waals surface area contributed by atoms with Gasteiger partial charge in [0.2, 0.25) is 0 Å². The summed E-state index contributed by atoms with van der Waals surface area (Å²) in [4.78, 5) is 31.7. The van der Waals surface area contributed by atoms with Crippen LogP contribution in [0.1, 0.15) is 45.7 Å². The molecule has 0 saturated carbocycles. The Kier molecular flexibility index (Phi) is 6.02. The van der Waals surface area contributed by atoms with Gasteiger partial charge in [0.1, 0.15) is 0 Å². The molecule has 4 nitrogen and oxygen atoms in total. The van der Waals surface area contributed by atoms with Gasteiger partial charge in [0.15, 0.2) is 11.6 Å². The van der Waals surface area contributed by atoms with E-state index in [0.29, 0.717) is 11.1 Å². The number of hydrogen-bond donors (Lipinski definition) is 0. The molecule has 0 N–H and O–H groups in total. The number of Topliss-reactive ketones (excluding diaryl/α,β-unsaturated/α-hetero) is 2. The summed E-state index contributed by atoms with van der Waals surface area (Å²) in [5, 5.41) is 0. The van der Waals surface area contributed by atoms with Gasteiger partial charge < -0.3 is 0 Å². The molecule has 0 heterocycles. The van der Waals surface area contributed by atoms with Gasteiger partial charge in [-0.15, -0.1) is 0 Å². The smallest absolute Gasteiger partial charge is 0.159 e. The zero-order valence-corrected chi connectivity index (χ0v) is 15.8. The van der Waals surface area contributed by atoms with Crippen LogP contribution in [0.2, 0.25) is 0 Å². The number of carbonyl (C=O) groups excluding carboxylic acids is 2. The zero-order chi connectivity index (χ0) is 19.9. The Bertz CT molecular complexity index is 960.